The zero-order valence-electron chi connectivity index (χ0n) is 19.4. The molecule has 2 aliphatic heterocycles. The second-order valence-corrected chi connectivity index (χ2v) is 25.7. The summed E-state index contributed by atoms with van der Waals surface area (Å²) in [6.45, 7) is 35.7. The summed E-state index contributed by atoms with van der Waals surface area (Å²) in [5.74, 6) is 0. The van der Waals surface area contributed by atoms with Crippen LogP contribution in [0.2, 0.25) is 58.9 Å². The first-order valence-electron chi connectivity index (χ1n) is 9.72. The van der Waals surface area contributed by atoms with Crippen LogP contribution in [0.4, 0.5) is 0 Å². The summed E-state index contributed by atoms with van der Waals surface area (Å²) in [4.78, 5) is 0. The van der Waals surface area contributed by atoms with Gasteiger partial charge < -0.3 is 29.1 Å². The van der Waals surface area contributed by atoms with E-state index in [1.165, 1.54) is 25.7 Å². The van der Waals surface area contributed by atoms with Gasteiger partial charge in [0, 0.05) is 26.4 Å². The third-order valence-electron chi connectivity index (χ3n) is 1.65. The smallest absolute Gasteiger partial charge is 0.381 e. The van der Waals surface area contributed by atoms with Crippen molar-refractivity contribution >= 4 is 24.2 Å². The molecule has 0 aromatic heterocycles. The molecule has 0 amide bonds. The van der Waals surface area contributed by atoms with Gasteiger partial charge in [-0.05, 0) is 25.7 Å². The number of rotatable bonds is 0. The summed E-state index contributed by atoms with van der Waals surface area (Å²) < 4.78 is 9.89. The Bertz CT molecular complexity index is 190. The van der Waals surface area contributed by atoms with E-state index in [0.29, 0.717) is 0 Å². The zero-order chi connectivity index (χ0) is 20.6. The van der Waals surface area contributed by atoms with Crippen molar-refractivity contribution in [2.45, 2.75) is 84.6 Å². The first-order chi connectivity index (χ1) is 11.0. The van der Waals surface area contributed by atoms with Gasteiger partial charge in [0.2, 0.25) is 0 Å². The van der Waals surface area contributed by atoms with Crippen LogP contribution in [0.5, 0.6) is 0 Å². The molecule has 0 unspecified atom stereocenters. The fourth-order valence-electron chi connectivity index (χ4n) is 1.02. The van der Waals surface area contributed by atoms with Crippen molar-refractivity contribution in [2.75, 3.05) is 26.4 Å². The Hall–Kier alpha value is 1.86. The first kappa shape index (κ1) is 35.3. The summed E-state index contributed by atoms with van der Waals surface area (Å²) in [6, 6.07) is 0. The summed E-state index contributed by atoms with van der Waals surface area (Å²) in [6.07, 6.45) is 5.11. The standard InChI is InChI=1S/2C4H8O.3C4H11Si.Tb/c2*1-2-4-5-3-1;3*1-5(2,3)4;/h2*1-4H2;3*1H2,2-4H3;/q;;3*-1;+3. The third-order valence-corrected chi connectivity index (χ3v) is 1.65. The monoisotopic (exact) mass is 564 g/mol. The molecule has 0 aromatic carbocycles. The minimum Gasteiger partial charge on any atom is -0.381 e. The summed E-state index contributed by atoms with van der Waals surface area (Å²) in [7, 11) is -2.58. The van der Waals surface area contributed by atoms with Crippen LogP contribution in [0, 0.1) is 58.3 Å². The van der Waals surface area contributed by atoms with Crippen LogP contribution >= 0.6 is 0 Å². The van der Waals surface area contributed by atoms with Crippen LogP contribution in [0.15, 0.2) is 0 Å². The molecule has 6 heteroatoms. The summed E-state index contributed by atoms with van der Waals surface area (Å²) in [5.41, 5.74) is 0. The topological polar surface area (TPSA) is 18.5 Å². The van der Waals surface area contributed by atoms with Crippen molar-refractivity contribution in [3.05, 3.63) is 19.6 Å². The fraction of sp³-hybridized carbons (Fsp3) is 0.850. The number of ether oxygens (including phenoxy) is 2. The quantitative estimate of drug-likeness (QED) is 0.241. The minimum atomic E-state index is -0.861. The maximum absolute atomic E-state index is 4.94. The van der Waals surface area contributed by atoms with Crippen molar-refractivity contribution in [1.82, 2.24) is 0 Å². The molecule has 2 heterocycles. The van der Waals surface area contributed by atoms with E-state index in [2.05, 4.69) is 78.6 Å². The maximum atomic E-state index is 4.94. The normalized spacial score (nSPS) is 16.2. The van der Waals surface area contributed by atoms with E-state index >= 15 is 0 Å². The third kappa shape index (κ3) is 114. The van der Waals surface area contributed by atoms with E-state index in [9.17, 15) is 0 Å². The zero-order valence-corrected chi connectivity index (χ0v) is 24.6. The van der Waals surface area contributed by atoms with Gasteiger partial charge in [0.05, 0.1) is 0 Å². The van der Waals surface area contributed by atoms with E-state index in [1.54, 1.807) is 0 Å². The van der Waals surface area contributed by atoms with Gasteiger partial charge in [0.25, 0.3) is 0 Å². The fourth-order valence-corrected chi connectivity index (χ4v) is 1.02. The Morgan fingerprint density at radius 1 is 0.462 bits per heavy atom. The Labute approximate surface area is 201 Å². The molecule has 0 saturated carbocycles. The van der Waals surface area contributed by atoms with E-state index in [-0.39, 0.29) is 38.6 Å². The van der Waals surface area contributed by atoms with Crippen molar-refractivity contribution < 1.29 is 48.1 Å². The molecule has 0 atom stereocenters. The number of hydrogen-bond acceptors (Lipinski definition) is 2. The molecule has 162 valence electrons. The minimum absolute atomic E-state index is 0. The molecule has 2 fully saturated rings. The maximum Gasteiger partial charge on any atom is 3.00 e. The second kappa shape index (κ2) is 20.1. The van der Waals surface area contributed by atoms with Gasteiger partial charge in [0.1, 0.15) is 0 Å². The predicted molar refractivity (Wildman–Crippen MR) is 126 cm³/mol. The van der Waals surface area contributed by atoms with Crippen molar-refractivity contribution in [1.29, 1.82) is 0 Å². The van der Waals surface area contributed by atoms with E-state index in [0.717, 1.165) is 26.4 Å². The Kier molecular flexibility index (Phi) is 27.3. The summed E-state index contributed by atoms with van der Waals surface area (Å²) >= 11 is 0. The van der Waals surface area contributed by atoms with E-state index in [4.69, 9.17) is 9.47 Å². The Balaban J connectivity index is -0.000000115. The molecule has 0 aromatic rings. The molecular weight excluding hydrogens is 515 g/mol. The van der Waals surface area contributed by atoms with Gasteiger partial charge in [-0.15, -0.1) is 24.2 Å². The molecule has 0 radical (unpaired) electrons. The molecule has 0 N–H and O–H groups in total. The van der Waals surface area contributed by atoms with E-state index < -0.39 is 24.2 Å². The van der Waals surface area contributed by atoms with Gasteiger partial charge in [0.15, 0.2) is 0 Å². The van der Waals surface area contributed by atoms with Crippen molar-refractivity contribution in [3.63, 3.8) is 0 Å². The molecule has 0 bridgehead atoms. The molecule has 2 rings (SSSR count). The SMILES string of the molecule is C1CCOC1.C1CCOC1.[CH2-][Si](C)(C)C.[CH2-][Si](C)(C)C.[CH2-][Si](C)(C)C.[Tb+3]. The molecule has 2 aliphatic rings. The first-order valence-corrected chi connectivity index (χ1v) is 20.8. The van der Waals surface area contributed by atoms with Gasteiger partial charge in [-0.2, -0.15) is 0 Å². The van der Waals surface area contributed by atoms with Gasteiger partial charge >= 0.3 is 38.6 Å². The number of hydrogen-bond donors (Lipinski definition) is 0. The second-order valence-electron chi connectivity index (χ2n) is 10.3. The predicted octanol–water partition coefficient (Wildman–Crippen LogP) is 6.69. The average molecular weight is 565 g/mol. The van der Waals surface area contributed by atoms with Crippen LogP contribution in [-0.4, -0.2) is 50.6 Å². The van der Waals surface area contributed by atoms with Crippen LogP contribution in [-0.2, 0) is 9.47 Å². The molecule has 0 aliphatic carbocycles. The molecule has 26 heavy (non-hydrogen) atoms. The largest absolute Gasteiger partial charge is 3.00 e. The van der Waals surface area contributed by atoms with Gasteiger partial charge in [-0.3, -0.25) is 0 Å². The molecule has 0 spiro atoms. The van der Waals surface area contributed by atoms with Crippen molar-refractivity contribution in [3.8, 4) is 0 Å². The molecular formula is C20H49O2Si3Tb. The summed E-state index contributed by atoms with van der Waals surface area (Å²) in [5, 5.41) is 0. The van der Waals surface area contributed by atoms with Crippen LogP contribution in [0.1, 0.15) is 25.7 Å². The Morgan fingerprint density at radius 2 is 0.577 bits per heavy atom. The molecule has 2 saturated heterocycles. The van der Waals surface area contributed by atoms with Crippen LogP contribution in [0.25, 0.3) is 0 Å². The Morgan fingerprint density at radius 3 is 0.615 bits per heavy atom. The average Bonchev–Trinajstić information content (AvgIpc) is 3.02. The van der Waals surface area contributed by atoms with Crippen LogP contribution in [0.3, 0.4) is 0 Å². The van der Waals surface area contributed by atoms with Crippen molar-refractivity contribution in [2.24, 2.45) is 0 Å². The van der Waals surface area contributed by atoms with Gasteiger partial charge in [-0.25, -0.2) is 0 Å². The van der Waals surface area contributed by atoms with Gasteiger partial charge in [-0.1, -0.05) is 58.9 Å². The molecule has 2 nitrogen and oxygen atoms in total. The van der Waals surface area contributed by atoms with Crippen LogP contribution < -0.4 is 0 Å². The van der Waals surface area contributed by atoms with E-state index in [1.807, 2.05) is 0 Å².